The van der Waals surface area contributed by atoms with Gasteiger partial charge in [0.15, 0.2) is 11.6 Å². The van der Waals surface area contributed by atoms with E-state index in [0.29, 0.717) is 5.56 Å². The van der Waals surface area contributed by atoms with E-state index in [1.165, 1.54) is 42.2 Å². The monoisotopic (exact) mass is 409 g/mol. The van der Waals surface area contributed by atoms with Crippen LogP contribution in [0.25, 0.3) is 22.6 Å². The summed E-state index contributed by atoms with van der Waals surface area (Å²) in [6.07, 6.45) is 1.25. The fourth-order valence-corrected chi connectivity index (χ4v) is 2.99. The summed E-state index contributed by atoms with van der Waals surface area (Å²) in [7, 11) is 1.58. The van der Waals surface area contributed by atoms with Crippen LogP contribution in [-0.2, 0) is 13.7 Å². The number of aromatic hydroxyl groups is 1. The number of ether oxygens (including phenoxy) is 1. The second-order valence-electron chi connectivity index (χ2n) is 6.64. The smallest absolute Gasteiger partial charge is 0.238 e. The summed E-state index contributed by atoms with van der Waals surface area (Å²) in [6, 6.07) is 8.47. The average molecular weight is 409 g/mol. The van der Waals surface area contributed by atoms with Gasteiger partial charge in [0.05, 0.1) is 0 Å². The lowest BCUT2D eigenvalue weighted by Gasteiger charge is -2.12. The molecule has 4 aromatic rings. The molecule has 0 fully saturated rings. The first-order valence-electron chi connectivity index (χ1n) is 8.91. The Kier molecular flexibility index (Phi) is 4.78. The largest absolute Gasteiger partial charge is 0.501 e. The minimum absolute atomic E-state index is 0.0159. The van der Waals surface area contributed by atoms with Gasteiger partial charge >= 0.3 is 0 Å². The Labute approximate surface area is 169 Å². The van der Waals surface area contributed by atoms with E-state index in [1.807, 2.05) is 0 Å². The molecule has 0 bridgehead atoms. The summed E-state index contributed by atoms with van der Waals surface area (Å²) in [4.78, 5) is 28.9. The summed E-state index contributed by atoms with van der Waals surface area (Å²) in [5, 5.41) is 14.3. The van der Waals surface area contributed by atoms with Crippen molar-refractivity contribution in [3.05, 3.63) is 69.9 Å². The fraction of sp³-hybridized carbons (Fsp3) is 0.143. The molecule has 9 heteroatoms. The van der Waals surface area contributed by atoms with E-state index in [1.54, 1.807) is 19.2 Å². The zero-order chi connectivity index (χ0) is 21.4. The zero-order valence-corrected chi connectivity index (χ0v) is 16.0. The third-order valence-corrected chi connectivity index (χ3v) is 4.56. The number of carbonyl (C=O) groups excluding carboxylic acids is 1. The van der Waals surface area contributed by atoms with Gasteiger partial charge in [-0.15, -0.1) is 0 Å². The fourth-order valence-electron chi connectivity index (χ4n) is 2.99. The number of ketones is 1. The first-order valence-corrected chi connectivity index (χ1v) is 8.91. The van der Waals surface area contributed by atoms with Crippen LogP contribution in [0.15, 0.2) is 51.9 Å². The van der Waals surface area contributed by atoms with Gasteiger partial charge in [-0.3, -0.25) is 9.59 Å². The topological polar surface area (TPSA) is 107 Å². The molecule has 152 valence electrons. The molecule has 0 unspecified atom stereocenters. The van der Waals surface area contributed by atoms with Gasteiger partial charge in [0.1, 0.15) is 35.5 Å². The van der Waals surface area contributed by atoms with Gasteiger partial charge in [0.2, 0.25) is 16.9 Å². The Morgan fingerprint density at radius 1 is 1.27 bits per heavy atom. The highest BCUT2D eigenvalue weighted by molar-refractivity contribution is 5.99. The average Bonchev–Trinajstić information content (AvgIpc) is 3.15. The van der Waals surface area contributed by atoms with Gasteiger partial charge in [0.25, 0.3) is 0 Å². The summed E-state index contributed by atoms with van der Waals surface area (Å²) in [5.41, 5.74) is 0.229. The van der Waals surface area contributed by atoms with Gasteiger partial charge in [-0.1, -0.05) is 12.1 Å². The molecule has 0 amide bonds. The number of nitrogens with zero attached hydrogens (tertiary/aromatic N) is 3. The van der Waals surface area contributed by atoms with Gasteiger partial charge in [-0.05, 0) is 36.8 Å². The van der Waals surface area contributed by atoms with E-state index in [0.717, 1.165) is 0 Å². The molecular formula is C21H16FN3O5. The third-order valence-electron chi connectivity index (χ3n) is 4.56. The van der Waals surface area contributed by atoms with Crippen LogP contribution in [0.3, 0.4) is 0 Å². The molecule has 4 rings (SSSR count). The van der Waals surface area contributed by atoms with E-state index >= 15 is 0 Å². The number of Topliss-reactive ketones (excluding diaryl/α,β-unsaturated/α-hetero) is 1. The van der Waals surface area contributed by atoms with Crippen molar-refractivity contribution in [3.63, 3.8) is 0 Å². The standard InChI is InChI=1S/C21H16FN3O5/c1-11(26)13-7-15(29-9-12-3-5-14(22)6-4-12)17-16(8-13)30-20(19(28)18(17)27)21-23-10-24-25(21)2/h3-8,10,28H,9H2,1-2H3. The van der Waals surface area contributed by atoms with E-state index in [2.05, 4.69) is 10.1 Å². The van der Waals surface area contributed by atoms with E-state index in [-0.39, 0.29) is 52.1 Å². The van der Waals surface area contributed by atoms with Crippen LogP contribution in [0.4, 0.5) is 4.39 Å². The number of aryl methyl sites for hydroxylation is 1. The van der Waals surface area contributed by atoms with Crippen molar-refractivity contribution < 1.29 is 23.4 Å². The number of hydrogen-bond acceptors (Lipinski definition) is 7. The highest BCUT2D eigenvalue weighted by Crippen LogP contribution is 2.33. The van der Waals surface area contributed by atoms with Gasteiger partial charge in [-0.2, -0.15) is 5.10 Å². The Bertz CT molecular complexity index is 1330. The molecule has 0 saturated carbocycles. The molecule has 0 saturated heterocycles. The molecule has 8 nitrogen and oxygen atoms in total. The number of halogens is 1. The van der Waals surface area contributed by atoms with Gasteiger partial charge in [0, 0.05) is 12.6 Å². The highest BCUT2D eigenvalue weighted by Gasteiger charge is 2.22. The molecule has 0 radical (unpaired) electrons. The number of aromatic nitrogens is 3. The SMILES string of the molecule is CC(=O)c1cc(OCc2ccc(F)cc2)c2c(=O)c(O)c(-c3ncnn3C)oc2c1. The van der Waals surface area contributed by atoms with Crippen LogP contribution >= 0.6 is 0 Å². The number of carbonyl (C=O) groups is 1. The molecular weight excluding hydrogens is 393 g/mol. The van der Waals surface area contributed by atoms with Crippen molar-refractivity contribution in [2.24, 2.45) is 7.05 Å². The van der Waals surface area contributed by atoms with Crippen molar-refractivity contribution in [3.8, 4) is 23.1 Å². The maximum atomic E-state index is 13.1. The molecule has 0 atom stereocenters. The predicted molar refractivity (Wildman–Crippen MR) is 105 cm³/mol. The van der Waals surface area contributed by atoms with Crippen LogP contribution in [0, 0.1) is 5.82 Å². The second-order valence-corrected chi connectivity index (χ2v) is 6.64. The molecule has 0 aliphatic carbocycles. The van der Waals surface area contributed by atoms with Crippen LogP contribution < -0.4 is 10.2 Å². The molecule has 2 aromatic carbocycles. The quantitative estimate of drug-likeness (QED) is 0.504. The predicted octanol–water partition coefficient (Wildman–Crippen LogP) is 3.21. The Morgan fingerprint density at radius 3 is 2.63 bits per heavy atom. The Hall–Kier alpha value is -4.01. The van der Waals surface area contributed by atoms with Crippen LogP contribution in [0.5, 0.6) is 11.5 Å². The Balaban J connectivity index is 1.87. The van der Waals surface area contributed by atoms with E-state index < -0.39 is 11.2 Å². The molecule has 30 heavy (non-hydrogen) atoms. The van der Waals surface area contributed by atoms with Crippen molar-refractivity contribution in [1.82, 2.24) is 14.8 Å². The lowest BCUT2D eigenvalue weighted by molar-refractivity contribution is 0.101. The maximum absolute atomic E-state index is 13.1. The molecule has 1 N–H and O–H groups in total. The van der Waals surface area contributed by atoms with Crippen LogP contribution in [0.1, 0.15) is 22.8 Å². The zero-order valence-electron chi connectivity index (χ0n) is 16.0. The molecule has 2 heterocycles. The lowest BCUT2D eigenvalue weighted by atomic mass is 10.1. The van der Waals surface area contributed by atoms with E-state index in [9.17, 15) is 19.1 Å². The minimum Gasteiger partial charge on any atom is -0.501 e. The van der Waals surface area contributed by atoms with Gasteiger partial charge in [-0.25, -0.2) is 14.1 Å². The van der Waals surface area contributed by atoms with Crippen molar-refractivity contribution >= 4 is 16.8 Å². The van der Waals surface area contributed by atoms with Crippen molar-refractivity contribution in [1.29, 1.82) is 0 Å². The first-order chi connectivity index (χ1) is 14.3. The van der Waals surface area contributed by atoms with E-state index in [4.69, 9.17) is 9.15 Å². The van der Waals surface area contributed by atoms with Gasteiger partial charge < -0.3 is 14.3 Å². The summed E-state index contributed by atoms with van der Waals surface area (Å²) in [5.74, 6) is -1.26. The summed E-state index contributed by atoms with van der Waals surface area (Å²) in [6.45, 7) is 1.38. The number of benzene rings is 2. The minimum atomic E-state index is -0.738. The number of hydrogen-bond donors (Lipinski definition) is 1. The number of fused-ring (bicyclic) bond motifs is 1. The normalized spacial score (nSPS) is 11.0. The third kappa shape index (κ3) is 3.41. The van der Waals surface area contributed by atoms with Crippen molar-refractivity contribution in [2.45, 2.75) is 13.5 Å². The second kappa shape index (κ2) is 7.43. The van der Waals surface area contributed by atoms with Crippen LogP contribution in [-0.4, -0.2) is 25.7 Å². The summed E-state index contributed by atoms with van der Waals surface area (Å²) < 4.78 is 25.9. The Morgan fingerprint density at radius 2 is 2.00 bits per heavy atom. The van der Waals surface area contributed by atoms with Crippen LogP contribution in [0.2, 0.25) is 0 Å². The summed E-state index contributed by atoms with van der Waals surface area (Å²) >= 11 is 0. The molecule has 0 spiro atoms. The number of rotatable bonds is 5. The highest BCUT2D eigenvalue weighted by atomic mass is 19.1. The lowest BCUT2D eigenvalue weighted by Crippen LogP contribution is -2.08. The van der Waals surface area contributed by atoms with Crippen molar-refractivity contribution in [2.75, 3.05) is 0 Å². The first kappa shape index (κ1) is 19.3. The molecule has 2 aromatic heterocycles. The molecule has 0 aliphatic rings. The maximum Gasteiger partial charge on any atom is 0.238 e. The molecule has 0 aliphatic heterocycles.